The highest BCUT2D eigenvalue weighted by molar-refractivity contribution is 5.86. The molecule has 0 aliphatic rings. The lowest BCUT2D eigenvalue weighted by Crippen LogP contribution is -2.00. The van der Waals surface area contributed by atoms with Crippen LogP contribution in [0.2, 0.25) is 0 Å². The molecule has 58 valence electrons. The molecule has 0 fully saturated rings. The SMILES string of the molecule is CNc1ccnc(C(=O)O)c1. The van der Waals surface area contributed by atoms with Gasteiger partial charge < -0.3 is 10.4 Å². The van der Waals surface area contributed by atoms with E-state index in [1.807, 2.05) is 0 Å². The molecule has 4 heteroatoms. The van der Waals surface area contributed by atoms with E-state index in [0.717, 1.165) is 5.69 Å². The van der Waals surface area contributed by atoms with Gasteiger partial charge in [0.15, 0.2) is 0 Å². The maximum atomic E-state index is 10.4. The summed E-state index contributed by atoms with van der Waals surface area (Å²) < 4.78 is 0. The zero-order valence-corrected chi connectivity index (χ0v) is 6.03. The van der Waals surface area contributed by atoms with Crippen LogP contribution in [0, 0.1) is 0 Å². The summed E-state index contributed by atoms with van der Waals surface area (Å²) in [6.45, 7) is 0. The number of hydrogen-bond donors (Lipinski definition) is 2. The molecule has 0 bridgehead atoms. The van der Waals surface area contributed by atoms with Gasteiger partial charge in [0, 0.05) is 18.9 Å². The lowest BCUT2D eigenvalue weighted by Gasteiger charge is -1.98. The Hall–Kier alpha value is -1.58. The average Bonchev–Trinajstić information content (AvgIpc) is 2.05. The monoisotopic (exact) mass is 152 g/mol. The lowest BCUT2D eigenvalue weighted by molar-refractivity contribution is 0.0690. The molecule has 0 amide bonds. The first-order valence-electron chi connectivity index (χ1n) is 3.11. The highest BCUT2D eigenvalue weighted by Gasteiger charge is 2.02. The van der Waals surface area contributed by atoms with Crippen molar-refractivity contribution >= 4 is 11.7 Å². The smallest absolute Gasteiger partial charge is 0.354 e. The number of anilines is 1. The van der Waals surface area contributed by atoms with Crippen molar-refractivity contribution in [1.82, 2.24) is 4.98 Å². The second-order valence-electron chi connectivity index (χ2n) is 1.98. The van der Waals surface area contributed by atoms with Crippen LogP contribution < -0.4 is 5.32 Å². The molecular formula is C7H8N2O2. The molecule has 0 saturated heterocycles. The first-order chi connectivity index (χ1) is 5.24. The van der Waals surface area contributed by atoms with E-state index in [9.17, 15) is 4.79 Å². The van der Waals surface area contributed by atoms with Gasteiger partial charge in [-0.05, 0) is 12.1 Å². The van der Waals surface area contributed by atoms with Crippen molar-refractivity contribution in [2.45, 2.75) is 0 Å². The standard InChI is InChI=1S/C7H8N2O2/c1-8-5-2-3-9-6(4-5)7(10)11/h2-4H,1H3,(H,8,9)(H,10,11). The van der Waals surface area contributed by atoms with Gasteiger partial charge in [-0.2, -0.15) is 0 Å². The second kappa shape index (κ2) is 3.01. The van der Waals surface area contributed by atoms with Crippen molar-refractivity contribution in [2.75, 3.05) is 12.4 Å². The summed E-state index contributed by atoms with van der Waals surface area (Å²) in [4.78, 5) is 14.0. The Morgan fingerprint density at radius 3 is 3.00 bits per heavy atom. The Balaban J connectivity index is 3.01. The van der Waals surface area contributed by atoms with Crippen molar-refractivity contribution in [3.05, 3.63) is 24.0 Å². The Bertz CT molecular complexity index is 273. The average molecular weight is 152 g/mol. The Kier molecular flexibility index (Phi) is 2.06. The number of pyridine rings is 1. The van der Waals surface area contributed by atoms with Crippen LogP contribution in [0.4, 0.5) is 5.69 Å². The van der Waals surface area contributed by atoms with Crippen LogP contribution in [-0.2, 0) is 0 Å². The number of carboxylic acids is 1. The predicted octanol–water partition coefficient (Wildman–Crippen LogP) is 0.821. The molecule has 1 aromatic heterocycles. The van der Waals surface area contributed by atoms with Gasteiger partial charge in [0.1, 0.15) is 5.69 Å². The van der Waals surface area contributed by atoms with Gasteiger partial charge in [-0.1, -0.05) is 0 Å². The molecule has 1 aromatic rings. The molecular weight excluding hydrogens is 144 g/mol. The van der Waals surface area contributed by atoms with Crippen molar-refractivity contribution in [3.63, 3.8) is 0 Å². The molecule has 0 spiro atoms. The lowest BCUT2D eigenvalue weighted by atomic mass is 10.3. The number of carboxylic acid groups (broad SMARTS) is 1. The van der Waals surface area contributed by atoms with Gasteiger partial charge in [-0.25, -0.2) is 9.78 Å². The van der Waals surface area contributed by atoms with E-state index >= 15 is 0 Å². The first-order valence-corrected chi connectivity index (χ1v) is 3.11. The van der Waals surface area contributed by atoms with Crippen molar-refractivity contribution in [2.24, 2.45) is 0 Å². The molecule has 4 nitrogen and oxygen atoms in total. The van der Waals surface area contributed by atoms with E-state index < -0.39 is 5.97 Å². The minimum atomic E-state index is -1.01. The molecule has 2 N–H and O–H groups in total. The number of hydrogen-bond acceptors (Lipinski definition) is 3. The van der Waals surface area contributed by atoms with Gasteiger partial charge in [0.2, 0.25) is 0 Å². The molecule has 0 unspecified atom stereocenters. The third kappa shape index (κ3) is 1.67. The molecule has 1 rings (SSSR count). The van der Waals surface area contributed by atoms with Crippen LogP contribution in [0.1, 0.15) is 10.5 Å². The largest absolute Gasteiger partial charge is 0.477 e. The summed E-state index contributed by atoms with van der Waals surface area (Å²) >= 11 is 0. The van der Waals surface area contributed by atoms with E-state index in [1.165, 1.54) is 12.3 Å². The minimum Gasteiger partial charge on any atom is -0.477 e. The normalized spacial score (nSPS) is 9.18. The van der Waals surface area contributed by atoms with E-state index in [4.69, 9.17) is 5.11 Å². The zero-order valence-electron chi connectivity index (χ0n) is 6.03. The van der Waals surface area contributed by atoms with Gasteiger partial charge in [0.05, 0.1) is 0 Å². The molecule has 0 radical (unpaired) electrons. The Labute approximate surface area is 63.9 Å². The quantitative estimate of drug-likeness (QED) is 0.658. The summed E-state index contributed by atoms with van der Waals surface area (Å²) in [6, 6.07) is 3.18. The maximum absolute atomic E-state index is 10.4. The molecule has 0 aliphatic carbocycles. The van der Waals surface area contributed by atoms with Gasteiger partial charge >= 0.3 is 5.97 Å². The highest BCUT2D eigenvalue weighted by Crippen LogP contribution is 2.05. The van der Waals surface area contributed by atoms with Gasteiger partial charge in [0.25, 0.3) is 0 Å². The van der Waals surface area contributed by atoms with Crippen LogP contribution in [0.15, 0.2) is 18.3 Å². The summed E-state index contributed by atoms with van der Waals surface area (Å²) in [6.07, 6.45) is 1.45. The molecule has 0 aromatic carbocycles. The summed E-state index contributed by atoms with van der Waals surface area (Å²) in [5, 5.41) is 11.3. The number of carbonyl (C=O) groups is 1. The summed E-state index contributed by atoms with van der Waals surface area (Å²) in [5.41, 5.74) is 0.800. The minimum absolute atomic E-state index is 0.0526. The Morgan fingerprint density at radius 2 is 2.45 bits per heavy atom. The van der Waals surface area contributed by atoms with Crippen molar-refractivity contribution in [3.8, 4) is 0 Å². The number of nitrogens with one attached hydrogen (secondary N) is 1. The van der Waals surface area contributed by atoms with Crippen LogP contribution in [0.3, 0.4) is 0 Å². The van der Waals surface area contributed by atoms with Crippen LogP contribution in [0.25, 0.3) is 0 Å². The first kappa shape index (κ1) is 7.53. The molecule has 11 heavy (non-hydrogen) atoms. The summed E-state index contributed by atoms with van der Waals surface area (Å²) in [7, 11) is 1.72. The van der Waals surface area contributed by atoms with Crippen molar-refractivity contribution < 1.29 is 9.90 Å². The number of nitrogens with zero attached hydrogens (tertiary/aromatic N) is 1. The second-order valence-corrected chi connectivity index (χ2v) is 1.98. The Morgan fingerprint density at radius 1 is 1.73 bits per heavy atom. The number of aromatic carboxylic acids is 1. The third-order valence-electron chi connectivity index (χ3n) is 1.27. The van der Waals surface area contributed by atoms with Crippen LogP contribution >= 0.6 is 0 Å². The number of aromatic nitrogens is 1. The van der Waals surface area contributed by atoms with E-state index in [0.29, 0.717) is 0 Å². The summed E-state index contributed by atoms with van der Waals surface area (Å²) in [5.74, 6) is -1.01. The molecule has 1 heterocycles. The molecule has 0 saturated carbocycles. The van der Waals surface area contributed by atoms with Gasteiger partial charge in [-0.15, -0.1) is 0 Å². The zero-order chi connectivity index (χ0) is 8.27. The van der Waals surface area contributed by atoms with Crippen molar-refractivity contribution in [1.29, 1.82) is 0 Å². The van der Waals surface area contributed by atoms with E-state index in [-0.39, 0.29) is 5.69 Å². The van der Waals surface area contributed by atoms with E-state index in [2.05, 4.69) is 10.3 Å². The molecule has 0 atom stereocenters. The van der Waals surface area contributed by atoms with Gasteiger partial charge in [-0.3, -0.25) is 0 Å². The molecule has 0 aliphatic heterocycles. The fourth-order valence-corrected chi connectivity index (χ4v) is 0.703. The van der Waals surface area contributed by atoms with Crippen LogP contribution in [-0.4, -0.2) is 23.1 Å². The van der Waals surface area contributed by atoms with E-state index in [1.54, 1.807) is 13.1 Å². The third-order valence-corrected chi connectivity index (χ3v) is 1.27. The predicted molar refractivity (Wildman–Crippen MR) is 40.7 cm³/mol. The highest BCUT2D eigenvalue weighted by atomic mass is 16.4. The van der Waals surface area contributed by atoms with Crippen LogP contribution in [0.5, 0.6) is 0 Å². The fourth-order valence-electron chi connectivity index (χ4n) is 0.703. The topological polar surface area (TPSA) is 62.2 Å². The number of rotatable bonds is 2. The maximum Gasteiger partial charge on any atom is 0.354 e. The fraction of sp³-hybridized carbons (Fsp3) is 0.143.